The number of alkyl halides is 6. The highest BCUT2D eigenvalue weighted by atomic mass is 32.2. The molecule has 7 nitrogen and oxygen atoms in total. The highest BCUT2D eigenvalue weighted by Gasteiger charge is 2.33. The molecular formula is C37H36F6N2O5S. The molecule has 0 aliphatic carbocycles. The van der Waals surface area contributed by atoms with Crippen LogP contribution in [-0.4, -0.2) is 28.2 Å². The molecule has 51 heavy (non-hydrogen) atoms. The summed E-state index contributed by atoms with van der Waals surface area (Å²) in [6, 6.07) is 16.9. The van der Waals surface area contributed by atoms with Crippen LogP contribution in [0.1, 0.15) is 67.3 Å². The number of benzene rings is 3. The number of thioether (sulfide) groups is 1. The minimum atomic E-state index is -4.39. The fourth-order valence-electron chi connectivity index (χ4n) is 5.07. The number of methoxy groups -OCH3 is 1. The normalized spacial score (nSPS) is 12.4. The number of nitrogens with zero attached hydrogens (tertiary/aromatic N) is 2. The molecule has 0 bridgehead atoms. The topological polar surface area (TPSA) is 98.6 Å². The third-order valence-corrected chi connectivity index (χ3v) is 8.65. The Kier molecular flexibility index (Phi) is 11.5. The van der Waals surface area contributed by atoms with Gasteiger partial charge in [0.2, 0.25) is 11.8 Å². The largest absolute Gasteiger partial charge is 0.469 e. The molecule has 0 radical (unpaired) electrons. The molecule has 2 aromatic heterocycles. The Hall–Kier alpha value is -4.56. The van der Waals surface area contributed by atoms with Gasteiger partial charge in [-0.25, -0.2) is 9.97 Å². The van der Waals surface area contributed by atoms with Crippen molar-refractivity contribution in [2.75, 3.05) is 7.11 Å². The molecule has 0 amide bonds. The average Bonchev–Trinajstić information content (AvgIpc) is 3.64. The van der Waals surface area contributed by atoms with Crippen LogP contribution < -0.4 is 0 Å². The number of esters is 1. The Balaban J connectivity index is 0.000000251. The van der Waals surface area contributed by atoms with E-state index in [1.807, 2.05) is 45.0 Å². The molecule has 0 fully saturated rings. The molecule has 0 aliphatic heterocycles. The van der Waals surface area contributed by atoms with Crippen molar-refractivity contribution in [1.29, 1.82) is 0 Å². The van der Waals surface area contributed by atoms with Crippen LogP contribution in [0.2, 0.25) is 0 Å². The number of halogens is 6. The van der Waals surface area contributed by atoms with Crippen LogP contribution >= 0.6 is 11.8 Å². The number of carbonyl (C=O) groups is 1. The lowest BCUT2D eigenvalue weighted by atomic mass is 10.1. The Bertz CT molecular complexity index is 1960. The molecule has 0 spiro atoms. The van der Waals surface area contributed by atoms with Crippen LogP contribution in [0.15, 0.2) is 86.5 Å². The molecule has 0 saturated carbocycles. The first kappa shape index (κ1) is 39.2. The van der Waals surface area contributed by atoms with Crippen LogP contribution in [0.5, 0.6) is 0 Å². The molecule has 0 unspecified atom stereocenters. The zero-order valence-electron chi connectivity index (χ0n) is 28.8. The van der Waals surface area contributed by atoms with E-state index in [0.29, 0.717) is 34.0 Å². The van der Waals surface area contributed by atoms with Gasteiger partial charge in [-0.2, -0.15) is 26.3 Å². The second-order valence-corrected chi connectivity index (χ2v) is 14.3. The number of rotatable bonds is 8. The third-order valence-electron chi connectivity index (χ3n) is 7.46. The van der Waals surface area contributed by atoms with Crippen molar-refractivity contribution < 1.29 is 49.8 Å². The van der Waals surface area contributed by atoms with Crippen LogP contribution in [0.3, 0.4) is 0 Å². The van der Waals surface area contributed by atoms with Gasteiger partial charge in [-0.3, -0.25) is 4.79 Å². The number of aromatic nitrogens is 2. The van der Waals surface area contributed by atoms with Gasteiger partial charge in [0, 0.05) is 16.0 Å². The fourth-order valence-corrected chi connectivity index (χ4v) is 6.30. The van der Waals surface area contributed by atoms with Crippen molar-refractivity contribution in [3.8, 4) is 22.9 Å². The number of oxazole rings is 2. The molecule has 0 atom stereocenters. The van der Waals surface area contributed by atoms with Gasteiger partial charge in [0.05, 0.1) is 40.8 Å². The maximum Gasteiger partial charge on any atom is 0.416 e. The molecule has 3 aromatic carbocycles. The van der Waals surface area contributed by atoms with Crippen LogP contribution in [0.4, 0.5) is 26.3 Å². The minimum Gasteiger partial charge on any atom is -0.469 e. The van der Waals surface area contributed by atoms with E-state index in [0.717, 1.165) is 34.7 Å². The molecule has 0 saturated heterocycles. The summed E-state index contributed by atoms with van der Waals surface area (Å²) >= 11 is 1.54. The first-order valence-electron chi connectivity index (χ1n) is 15.5. The van der Waals surface area contributed by atoms with Gasteiger partial charge in [-0.15, -0.1) is 11.8 Å². The van der Waals surface area contributed by atoms with E-state index in [4.69, 9.17) is 13.6 Å². The Labute approximate surface area is 295 Å². The van der Waals surface area contributed by atoms with Crippen LogP contribution in [-0.2, 0) is 38.7 Å². The number of ether oxygens (including phenoxy) is 1. The van der Waals surface area contributed by atoms with Crippen molar-refractivity contribution in [3.63, 3.8) is 0 Å². The van der Waals surface area contributed by atoms with Crippen LogP contribution in [0, 0.1) is 13.8 Å². The number of aliphatic hydroxyl groups is 1. The van der Waals surface area contributed by atoms with E-state index < -0.39 is 33.8 Å². The number of hydrogen-bond acceptors (Lipinski definition) is 8. The molecule has 0 aliphatic rings. The van der Waals surface area contributed by atoms with Crippen molar-refractivity contribution in [2.24, 2.45) is 0 Å². The van der Waals surface area contributed by atoms with Crippen molar-refractivity contribution in [3.05, 3.63) is 112 Å². The summed E-state index contributed by atoms with van der Waals surface area (Å²) in [5, 5.41) is 9.90. The van der Waals surface area contributed by atoms with Gasteiger partial charge in [0.15, 0.2) is 5.76 Å². The zero-order valence-corrected chi connectivity index (χ0v) is 29.6. The zero-order chi connectivity index (χ0) is 37.9. The summed E-state index contributed by atoms with van der Waals surface area (Å²) in [6.07, 6.45) is -8.58. The smallest absolute Gasteiger partial charge is 0.416 e. The van der Waals surface area contributed by atoms with Gasteiger partial charge in [0.25, 0.3) is 0 Å². The van der Waals surface area contributed by atoms with Crippen molar-refractivity contribution >= 4 is 17.7 Å². The van der Waals surface area contributed by atoms with Gasteiger partial charge in [-0.05, 0) is 108 Å². The Morgan fingerprint density at radius 2 is 1.20 bits per heavy atom. The predicted octanol–water partition coefficient (Wildman–Crippen LogP) is 10.3. The monoisotopic (exact) mass is 734 g/mol. The maximum absolute atomic E-state index is 12.8. The van der Waals surface area contributed by atoms with Crippen molar-refractivity contribution in [2.45, 2.75) is 75.6 Å². The Morgan fingerprint density at radius 1 is 0.745 bits per heavy atom. The number of hydrogen-bond donors (Lipinski definition) is 1. The van der Waals surface area contributed by atoms with E-state index in [1.165, 1.54) is 31.4 Å². The molecule has 5 rings (SSSR count). The van der Waals surface area contributed by atoms with Crippen LogP contribution in [0.25, 0.3) is 22.9 Å². The first-order valence-corrected chi connectivity index (χ1v) is 16.3. The lowest BCUT2D eigenvalue weighted by Gasteiger charge is -2.22. The lowest BCUT2D eigenvalue weighted by Crippen LogP contribution is -2.15. The van der Waals surface area contributed by atoms with E-state index in [1.54, 1.807) is 32.5 Å². The molecule has 14 heteroatoms. The average molecular weight is 735 g/mol. The van der Waals surface area contributed by atoms with E-state index in [9.17, 15) is 36.2 Å². The molecular weight excluding hydrogens is 698 g/mol. The summed E-state index contributed by atoms with van der Waals surface area (Å²) in [6.45, 7) is 10.5. The van der Waals surface area contributed by atoms with E-state index >= 15 is 0 Å². The summed E-state index contributed by atoms with van der Waals surface area (Å²) in [5.74, 6) is 1.08. The summed E-state index contributed by atoms with van der Waals surface area (Å²) < 4.78 is 91.5. The van der Waals surface area contributed by atoms with Gasteiger partial charge < -0.3 is 18.7 Å². The maximum atomic E-state index is 12.8. The van der Waals surface area contributed by atoms with E-state index in [2.05, 4.69) is 9.97 Å². The second kappa shape index (κ2) is 15.0. The summed E-state index contributed by atoms with van der Waals surface area (Å²) in [4.78, 5) is 21.0. The standard InChI is InChI=1S/C23H22F3NO3S.C14H14F3NO2/c1-14-20(30-21(27-14)16-8-10-17(11-9-16)23(24,25)26)22(2,3)31-18-7-5-6-15(12-18)13-19(28)29-4;1-8-11(13(2,3)19)20-12(18-8)9-4-6-10(7-5-9)14(15,16)17/h5-12H,13H2,1-4H3;4-7,19H,1-3H3. The number of aryl methyl sites for hydroxylation is 2. The SMILES string of the molecule is COC(=O)Cc1cccc(SC(C)(C)c2oc(-c3ccc(C(F)(F)F)cc3)nc2C)c1.Cc1nc(-c2ccc(C(F)(F)F)cc2)oc1C(C)(C)O. The Morgan fingerprint density at radius 3 is 1.61 bits per heavy atom. The quantitative estimate of drug-likeness (QED) is 0.0956. The summed E-state index contributed by atoms with van der Waals surface area (Å²) in [7, 11) is 1.35. The fraction of sp³-hybridized carbons (Fsp3) is 0.324. The third kappa shape index (κ3) is 10.0. The minimum absolute atomic E-state index is 0.185. The highest BCUT2D eigenvalue weighted by molar-refractivity contribution is 8.00. The molecule has 2 heterocycles. The molecule has 1 N–H and O–H groups in total. The molecule has 5 aromatic rings. The predicted molar refractivity (Wildman–Crippen MR) is 180 cm³/mol. The molecule has 272 valence electrons. The van der Waals surface area contributed by atoms with E-state index in [-0.39, 0.29) is 24.2 Å². The van der Waals surface area contributed by atoms with Crippen molar-refractivity contribution in [1.82, 2.24) is 9.97 Å². The van der Waals surface area contributed by atoms with Gasteiger partial charge in [-0.1, -0.05) is 12.1 Å². The second-order valence-electron chi connectivity index (χ2n) is 12.6. The lowest BCUT2D eigenvalue weighted by molar-refractivity contribution is -0.140. The highest BCUT2D eigenvalue weighted by Crippen LogP contribution is 2.44. The van der Waals surface area contributed by atoms with Gasteiger partial charge >= 0.3 is 18.3 Å². The number of carbonyl (C=O) groups excluding carboxylic acids is 1. The first-order chi connectivity index (χ1) is 23.6. The summed E-state index contributed by atoms with van der Waals surface area (Å²) in [5.41, 5.74) is 0.272. The van der Waals surface area contributed by atoms with Gasteiger partial charge in [0.1, 0.15) is 11.4 Å².